The Morgan fingerprint density at radius 3 is 3.00 bits per heavy atom. The topological polar surface area (TPSA) is 30.7 Å². The highest BCUT2D eigenvalue weighted by Gasteiger charge is 2.08. The molecule has 0 atom stereocenters. The molecule has 76 valence electrons. The van der Waals surface area contributed by atoms with Gasteiger partial charge >= 0.3 is 0 Å². The highest BCUT2D eigenvalue weighted by molar-refractivity contribution is 7.78. The molecular weight excluding hydrogens is 237 g/mol. The summed E-state index contributed by atoms with van der Waals surface area (Å²) in [6.07, 6.45) is 3.51. The van der Waals surface area contributed by atoms with Crippen LogP contribution in [-0.2, 0) is 0 Å². The molecule has 2 radical (unpaired) electrons. The number of hydrogen-bond acceptors (Lipinski definition) is 4. The fourth-order valence-electron chi connectivity index (χ4n) is 1.58. The molecule has 0 unspecified atom stereocenters. The van der Waals surface area contributed by atoms with Crippen molar-refractivity contribution in [2.45, 2.75) is 0 Å². The van der Waals surface area contributed by atoms with E-state index in [1.165, 1.54) is 0 Å². The van der Waals surface area contributed by atoms with Gasteiger partial charge in [-0.1, -0.05) is 18.3 Å². The van der Waals surface area contributed by atoms with E-state index in [0.717, 1.165) is 21.7 Å². The van der Waals surface area contributed by atoms with Gasteiger partial charge in [-0.25, -0.2) is 9.97 Å². The SMILES string of the molecule is [B]c1cn(S)c2nc(-c3nccs3)ccc12. The lowest BCUT2D eigenvalue weighted by Gasteiger charge is -1.98. The second-order valence-electron chi connectivity index (χ2n) is 3.33. The predicted molar refractivity (Wildman–Crippen MR) is 70.6 cm³/mol. The lowest BCUT2D eigenvalue weighted by atomic mass is 9.97. The molecule has 0 N–H and O–H groups in total. The summed E-state index contributed by atoms with van der Waals surface area (Å²) in [4.78, 5) is 8.71. The molecule has 6 heteroatoms. The van der Waals surface area contributed by atoms with E-state index in [2.05, 4.69) is 22.8 Å². The Kier molecular flexibility index (Phi) is 2.26. The Morgan fingerprint density at radius 1 is 1.38 bits per heavy atom. The summed E-state index contributed by atoms with van der Waals surface area (Å²) < 4.78 is 1.63. The van der Waals surface area contributed by atoms with E-state index in [-0.39, 0.29) is 0 Å². The first kappa shape index (κ1) is 9.93. The first-order chi connectivity index (χ1) is 7.75. The Hall–Kier alpha value is -1.27. The summed E-state index contributed by atoms with van der Waals surface area (Å²) in [5, 5.41) is 3.74. The molecule has 0 bridgehead atoms. The van der Waals surface area contributed by atoms with Gasteiger partial charge in [0.25, 0.3) is 0 Å². The fraction of sp³-hybridized carbons (Fsp3) is 0. The number of pyridine rings is 1. The maximum atomic E-state index is 5.82. The number of thiol groups is 1. The molecule has 0 saturated carbocycles. The maximum Gasteiger partial charge on any atom is 0.149 e. The van der Waals surface area contributed by atoms with Gasteiger partial charge < -0.3 is 0 Å². The lowest BCUT2D eigenvalue weighted by molar-refractivity contribution is 1.26. The molecular formula is C10H6BN3S2. The van der Waals surface area contributed by atoms with Crippen LogP contribution in [0, 0.1) is 0 Å². The Balaban J connectivity index is 2.27. The van der Waals surface area contributed by atoms with E-state index in [4.69, 9.17) is 7.85 Å². The molecule has 0 aliphatic carbocycles. The molecule has 3 nitrogen and oxygen atoms in total. The van der Waals surface area contributed by atoms with Gasteiger partial charge in [0.15, 0.2) is 0 Å². The molecule has 0 fully saturated rings. The molecule has 0 spiro atoms. The van der Waals surface area contributed by atoms with E-state index in [1.54, 1.807) is 27.7 Å². The first-order valence-electron chi connectivity index (χ1n) is 4.62. The predicted octanol–water partition coefficient (Wildman–Crippen LogP) is 1.65. The van der Waals surface area contributed by atoms with Crippen molar-refractivity contribution in [3.63, 3.8) is 0 Å². The normalized spacial score (nSPS) is 11.1. The number of nitrogens with zero attached hydrogens (tertiary/aromatic N) is 3. The van der Waals surface area contributed by atoms with Crippen LogP contribution < -0.4 is 5.46 Å². The molecule has 0 aromatic carbocycles. The van der Waals surface area contributed by atoms with Crippen LogP contribution in [0.1, 0.15) is 0 Å². The van der Waals surface area contributed by atoms with Crippen LogP contribution in [0.4, 0.5) is 0 Å². The summed E-state index contributed by atoms with van der Waals surface area (Å²) >= 11 is 5.83. The van der Waals surface area contributed by atoms with Gasteiger partial charge in [0.1, 0.15) is 24.2 Å². The molecule has 0 aliphatic heterocycles. The molecule has 0 aliphatic rings. The minimum Gasteiger partial charge on any atom is -0.278 e. The smallest absolute Gasteiger partial charge is 0.149 e. The summed E-state index contributed by atoms with van der Waals surface area (Å²) in [6.45, 7) is 0. The monoisotopic (exact) mass is 243 g/mol. The van der Waals surface area contributed by atoms with E-state index >= 15 is 0 Å². The molecule has 0 amide bonds. The number of fused-ring (bicyclic) bond motifs is 1. The number of rotatable bonds is 1. The molecule has 16 heavy (non-hydrogen) atoms. The van der Waals surface area contributed by atoms with Crippen molar-refractivity contribution < 1.29 is 0 Å². The molecule has 3 rings (SSSR count). The van der Waals surface area contributed by atoms with Gasteiger partial charge in [-0.3, -0.25) is 3.97 Å². The van der Waals surface area contributed by atoms with Crippen LogP contribution in [0.25, 0.3) is 21.7 Å². The van der Waals surface area contributed by atoms with Gasteiger partial charge in [-0.15, -0.1) is 11.3 Å². The van der Waals surface area contributed by atoms with Gasteiger partial charge in [0.05, 0.1) is 0 Å². The summed E-state index contributed by atoms with van der Waals surface area (Å²) in [5.74, 6) is 0. The third kappa shape index (κ3) is 1.45. The second kappa shape index (κ2) is 3.64. The van der Waals surface area contributed by atoms with Crippen LogP contribution in [0.2, 0.25) is 0 Å². The van der Waals surface area contributed by atoms with Crippen molar-refractivity contribution in [1.29, 1.82) is 0 Å². The van der Waals surface area contributed by atoms with Crippen LogP contribution in [0.15, 0.2) is 29.9 Å². The second-order valence-corrected chi connectivity index (χ2v) is 4.66. The average molecular weight is 243 g/mol. The van der Waals surface area contributed by atoms with Crippen molar-refractivity contribution in [2.75, 3.05) is 0 Å². The minimum absolute atomic E-state index is 0.684. The molecule has 3 aromatic heterocycles. The lowest BCUT2D eigenvalue weighted by Crippen LogP contribution is -1.97. The van der Waals surface area contributed by atoms with Crippen LogP contribution >= 0.6 is 24.2 Å². The van der Waals surface area contributed by atoms with Gasteiger partial charge in [0.2, 0.25) is 0 Å². The van der Waals surface area contributed by atoms with E-state index in [1.807, 2.05) is 17.5 Å². The van der Waals surface area contributed by atoms with E-state index in [0.29, 0.717) is 5.46 Å². The van der Waals surface area contributed by atoms with E-state index in [9.17, 15) is 0 Å². The van der Waals surface area contributed by atoms with Crippen molar-refractivity contribution in [2.24, 2.45) is 0 Å². The zero-order chi connectivity index (χ0) is 11.1. The number of hydrogen-bond donors (Lipinski definition) is 1. The van der Waals surface area contributed by atoms with Crippen LogP contribution in [0.5, 0.6) is 0 Å². The third-order valence-corrected chi connectivity index (χ3v) is 3.42. The highest BCUT2D eigenvalue weighted by atomic mass is 32.1. The Morgan fingerprint density at radius 2 is 2.25 bits per heavy atom. The Bertz CT molecular complexity index is 645. The standard InChI is InChI=1S/C10H6BN3S2/c11-7-5-14(15)9-6(7)1-2-8(13-9)10-12-3-4-16-10/h1-5,15H. The average Bonchev–Trinajstić information content (AvgIpc) is 2.88. The number of aromatic nitrogens is 3. The Labute approximate surface area is 103 Å². The number of thiazole rings is 1. The zero-order valence-electron chi connectivity index (χ0n) is 8.16. The maximum absolute atomic E-state index is 5.82. The molecule has 0 saturated heterocycles. The van der Waals surface area contributed by atoms with Gasteiger partial charge in [-0.05, 0) is 12.1 Å². The third-order valence-electron chi connectivity index (χ3n) is 2.32. The first-order valence-corrected chi connectivity index (χ1v) is 5.90. The van der Waals surface area contributed by atoms with Crippen molar-refractivity contribution >= 4 is 48.5 Å². The molecule has 3 aromatic rings. The largest absolute Gasteiger partial charge is 0.278 e. The molecule has 3 heterocycles. The summed E-state index contributed by atoms with van der Waals surface area (Å²) in [5.41, 5.74) is 2.28. The van der Waals surface area contributed by atoms with Crippen molar-refractivity contribution in [1.82, 2.24) is 13.9 Å². The zero-order valence-corrected chi connectivity index (χ0v) is 9.87. The van der Waals surface area contributed by atoms with Gasteiger partial charge in [-0.2, -0.15) is 0 Å². The van der Waals surface area contributed by atoms with Crippen LogP contribution in [0.3, 0.4) is 0 Å². The highest BCUT2D eigenvalue weighted by Crippen LogP contribution is 2.22. The summed E-state index contributed by atoms with van der Waals surface area (Å²) in [7, 11) is 5.82. The van der Waals surface area contributed by atoms with Crippen molar-refractivity contribution in [3.05, 3.63) is 29.9 Å². The minimum atomic E-state index is 0.684. The van der Waals surface area contributed by atoms with Gasteiger partial charge in [0, 0.05) is 23.2 Å². The van der Waals surface area contributed by atoms with Crippen molar-refractivity contribution in [3.8, 4) is 10.7 Å². The van der Waals surface area contributed by atoms with E-state index < -0.39 is 0 Å². The fourth-order valence-corrected chi connectivity index (χ4v) is 2.46. The summed E-state index contributed by atoms with van der Waals surface area (Å²) in [6, 6.07) is 3.87. The van der Waals surface area contributed by atoms with Crippen LogP contribution in [-0.4, -0.2) is 21.8 Å². The quantitative estimate of drug-likeness (QED) is 0.520.